The van der Waals surface area contributed by atoms with E-state index in [1.807, 2.05) is 19.1 Å². The van der Waals surface area contributed by atoms with E-state index in [1.165, 1.54) is 32.6 Å². The number of hydrogen-bond donors (Lipinski definition) is 1. The smallest absolute Gasteiger partial charge is 0.264 e. The number of carbonyl (C=O) groups excluding carboxylic acids is 1. The van der Waals surface area contributed by atoms with Gasteiger partial charge in [-0.05, 0) is 48.9 Å². The highest BCUT2D eigenvalue weighted by Gasteiger charge is 2.29. The summed E-state index contributed by atoms with van der Waals surface area (Å²) >= 11 is 0. The number of hydrogen-bond acceptors (Lipinski definition) is 6. The monoisotopic (exact) mass is 467 g/mol. The first-order valence-corrected chi connectivity index (χ1v) is 11.5. The fourth-order valence-electron chi connectivity index (χ4n) is 3.13. The zero-order chi connectivity index (χ0) is 23.8. The summed E-state index contributed by atoms with van der Waals surface area (Å²) in [5, 5.41) is 3.95. The van der Waals surface area contributed by atoms with E-state index in [-0.39, 0.29) is 10.6 Å². The highest BCUT2D eigenvalue weighted by Crippen LogP contribution is 2.33. The number of aryl methyl sites for hydroxylation is 1. The van der Waals surface area contributed by atoms with Crippen LogP contribution in [0.5, 0.6) is 11.5 Å². The molecule has 0 unspecified atom stereocenters. The van der Waals surface area contributed by atoms with Crippen LogP contribution in [0, 0.1) is 6.92 Å². The number of ether oxygens (including phenoxy) is 2. The van der Waals surface area contributed by atoms with E-state index in [2.05, 4.69) is 10.5 Å². The van der Waals surface area contributed by atoms with Crippen LogP contribution in [-0.4, -0.2) is 41.3 Å². The van der Waals surface area contributed by atoms with Crippen molar-refractivity contribution < 1.29 is 22.7 Å². The van der Waals surface area contributed by atoms with E-state index in [1.54, 1.807) is 48.5 Å². The van der Waals surface area contributed by atoms with Gasteiger partial charge in [0.1, 0.15) is 18.0 Å². The molecule has 8 nitrogen and oxygen atoms in total. The number of amides is 1. The van der Waals surface area contributed by atoms with Gasteiger partial charge in [0.05, 0.1) is 31.0 Å². The second kappa shape index (κ2) is 10.6. The molecular formula is C24H25N3O5S. The van der Waals surface area contributed by atoms with E-state index >= 15 is 0 Å². The molecule has 9 heteroatoms. The van der Waals surface area contributed by atoms with Crippen molar-refractivity contribution in [3.63, 3.8) is 0 Å². The maximum absolute atomic E-state index is 13.5. The minimum Gasteiger partial charge on any atom is -0.496 e. The van der Waals surface area contributed by atoms with Gasteiger partial charge >= 0.3 is 0 Å². The maximum atomic E-state index is 13.5. The number of carbonyl (C=O) groups is 1. The lowest BCUT2D eigenvalue weighted by Crippen LogP contribution is -2.39. The van der Waals surface area contributed by atoms with Crippen LogP contribution in [0.4, 0.5) is 5.69 Å². The van der Waals surface area contributed by atoms with Crippen LogP contribution in [0.2, 0.25) is 0 Å². The van der Waals surface area contributed by atoms with Crippen molar-refractivity contribution >= 4 is 27.8 Å². The number of nitrogens with zero attached hydrogens (tertiary/aromatic N) is 2. The molecule has 3 rings (SSSR count). The molecule has 0 radical (unpaired) electrons. The first kappa shape index (κ1) is 23.8. The summed E-state index contributed by atoms with van der Waals surface area (Å²) in [5.74, 6) is 0.294. The molecule has 3 aromatic rings. The highest BCUT2D eigenvalue weighted by molar-refractivity contribution is 7.92. The lowest BCUT2D eigenvalue weighted by molar-refractivity contribution is -0.119. The standard InChI is InChI=1S/C24H25N3O5S/c1-18-13-14-23(32-3)21(15-18)27(33(29,30)20-10-5-4-6-11-20)17-24(28)26-25-16-19-9-7-8-12-22(19)31-2/h4-16H,17H2,1-3H3,(H,26,28)/b25-16-. The Kier molecular flexibility index (Phi) is 7.68. The predicted octanol–water partition coefficient (Wildman–Crippen LogP) is 3.36. The lowest BCUT2D eigenvalue weighted by atomic mass is 10.2. The zero-order valence-electron chi connectivity index (χ0n) is 18.6. The quantitative estimate of drug-likeness (QED) is 0.384. The SMILES string of the molecule is COc1ccccc1/C=N\NC(=O)CN(c1cc(C)ccc1OC)S(=O)(=O)c1ccccc1. The van der Waals surface area contributed by atoms with E-state index < -0.39 is 22.5 Å². The third kappa shape index (κ3) is 5.69. The molecule has 0 saturated heterocycles. The molecule has 0 bridgehead atoms. The van der Waals surface area contributed by atoms with Gasteiger partial charge in [0.15, 0.2) is 0 Å². The summed E-state index contributed by atoms with van der Waals surface area (Å²) in [7, 11) is -1.09. The molecule has 172 valence electrons. The Balaban J connectivity index is 1.91. The number of methoxy groups -OCH3 is 2. The van der Waals surface area contributed by atoms with Crippen LogP contribution in [0.15, 0.2) is 82.8 Å². The topological polar surface area (TPSA) is 97.3 Å². The van der Waals surface area contributed by atoms with Crippen LogP contribution in [0.3, 0.4) is 0 Å². The Labute approximate surface area is 193 Å². The molecule has 0 aliphatic carbocycles. The first-order valence-electron chi connectivity index (χ1n) is 10.0. The Morgan fingerprint density at radius 2 is 1.64 bits per heavy atom. The van der Waals surface area contributed by atoms with Crippen molar-refractivity contribution in [2.45, 2.75) is 11.8 Å². The van der Waals surface area contributed by atoms with Crippen LogP contribution in [0.25, 0.3) is 0 Å². The van der Waals surface area contributed by atoms with Gasteiger partial charge in [-0.1, -0.05) is 36.4 Å². The van der Waals surface area contributed by atoms with Crippen LogP contribution < -0.4 is 19.2 Å². The maximum Gasteiger partial charge on any atom is 0.264 e. The van der Waals surface area contributed by atoms with E-state index in [0.717, 1.165) is 9.87 Å². The molecule has 33 heavy (non-hydrogen) atoms. The Morgan fingerprint density at radius 3 is 2.33 bits per heavy atom. The number of benzene rings is 3. The summed E-state index contributed by atoms with van der Waals surface area (Å²) in [6.07, 6.45) is 1.43. The molecule has 0 heterocycles. The lowest BCUT2D eigenvalue weighted by Gasteiger charge is -2.25. The first-order chi connectivity index (χ1) is 15.9. The number of rotatable bonds is 9. The molecule has 0 saturated carbocycles. The molecule has 0 aliphatic heterocycles. The third-order valence-electron chi connectivity index (χ3n) is 4.75. The fourth-order valence-corrected chi connectivity index (χ4v) is 4.57. The third-order valence-corrected chi connectivity index (χ3v) is 6.53. The number of anilines is 1. The molecule has 1 N–H and O–H groups in total. The van der Waals surface area contributed by atoms with E-state index in [9.17, 15) is 13.2 Å². The molecule has 0 aliphatic rings. The van der Waals surface area contributed by atoms with Crippen LogP contribution >= 0.6 is 0 Å². The van der Waals surface area contributed by atoms with Crippen molar-refractivity contribution in [3.05, 3.63) is 83.9 Å². The molecule has 1 amide bonds. The molecule has 3 aromatic carbocycles. The summed E-state index contributed by atoms with van der Waals surface area (Å²) < 4.78 is 38.6. The second-order valence-electron chi connectivity index (χ2n) is 7.04. The van der Waals surface area contributed by atoms with Gasteiger partial charge in [0.2, 0.25) is 0 Å². The average Bonchev–Trinajstić information content (AvgIpc) is 2.83. The predicted molar refractivity (Wildman–Crippen MR) is 127 cm³/mol. The average molecular weight is 468 g/mol. The Hall–Kier alpha value is -3.85. The van der Waals surface area contributed by atoms with Gasteiger partial charge in [-0.25, -0.2) is 13.8 Å². The minimum absolute atomic E-state index is 0.0545. The van der Waals surface area contributed by atoms with Crippen LogP contribution in [-0.2, 0) is 14.8 Å². The van der Waals surface area contributed by atoms with Crippen molar-refractivity contribution in [2.75, 3.05) is 25.1 Å². The Bertz CT molecular complexity index is 1240. The number of nitrogens with one attached hydrogen (secondary N) is 1. The van der Waals surface area contributed by atoms with Crippen LogP contribution in [0.1, 0.15) is 11.1 Å². The van der Waals surface area contributed by atoms with Gasteiger partial charge in [0.25, 0.3) is 15.9 Å². The van der Waals surface area contributed by atoms with Gasteiger partial charge in [-0.3, -0.25) is 9.10 Å². The van der Waals surface area contributed by atoms with Crippen molar-refractivity contribution in [1.82, 2.24) is 5.43 Å². The second-order valence-corrected chi connectivity index (χ2v) is 8.90. The van der Waals surface area contributed by atoms with Gasteiger partial charge in [-0.2, -0.15) is 5.10 Å². The molecule has 0 aromatic heterocycles. The molecule has 0 fully saturated rings. The van der Waals surface area contributed by atoms with Gasteiger partial charge in [-0.15, -0.1) is 0 Å². The van der Waals surface area contributed by atoms with E-state index in [4.69, 9.17) is 9.47 Å². The zero-order valence-corrected chi connectivity index (χ0v) is 19.4. The summed E-state index contributed by atoms with van der Waals surface area (Å²) in [4.78, 5) is 12.8. The summed E-state index contributed by atoms with van der Waals surface area (Å²) in [6.45, 7) is 1.33. The fraction of sp³-hybridized carbons (Fsp3) is 0.167. The number of hydrazone groups is 1. The summed E-state index contributed by atoms with van der Waals surface area (Å²) in [6, 6.07) is 20.2. The van der Waals surface area contributed by atoms with Crippen molar-refractivity contribution in [2.24, 2.45) is 5.10 Å². The molecule has 0 spiro atoms. The molecule has 0 atom stereocenters. The van der Waals surface area contributed by atoms with Gasteiger partial charge in [0, 0.05) is 5.56 Å². The van der Waals surface area contributed by atoms with E-state index in [0.29, 0.717) is 17.1 Å². The largest absolute Gasteiger partial charge is 0.496 e. The van der Waals surface area contributed by atoms with Gasteiger partial charge < -0.3 is 9.47 Å². The minimum atomic E-state index is -4.07. The summed E-state index contributed by atoms with van der Waals surface area (Å²) in [5.41, 5.74) is 4.12. The highest BCUT2D eigenvalue weighted by atomic mass is 32.2. The number of para-hydroxylation sites is 1. The number of sulfonamides is 1. The van der Waals surface area contributed by atoms with Crippen molar-refractivity contribution in [1.29, 1.82) is 0 Å². The van der Waals surface area contributed by atoms with Crippen molar-refractivity contribution in [3.8, 4) is 11.5 Å². The Morgan fingerprint density at radius 1 is 0.970 bits per heavy atom. The molecular weight excluding hydrogens is 442 g/mol. The normalized spacial score (nSPS) is 11.2.